The smallest absolute Gasteiger partial charge is 0.335 e. The third-order valence-corrected chi connectivity index (χ3v) is 4.02. The van der Waals surface area contributed by atoms with Crippen LogP contribution in [0, 0.1) is 0 Å². The molecule has 0 aliphatic carbocycles. The summed E-state index contributed by atoms with van der Waals surface area (Å²) in [6.07, 6.45) is 0. The lowest BCUT2D eigenvalue weighted by molar-refractivity contribution is 0.0697. The van der Waals surface area contributed by atoms with Crippen LogP contribution in [-0.2, 0) is 0 Å². The van der Waals surface area contributed by atoms with Crippen molar-refractivity contribution in [2.75, 3.05) is 5.43 Å². The van der Waals surface area contributed by atoms with Gasteiger partial charge in [-0.05, 0) is 37.3 Å². The van der Waals surface area contributed by atoms with E-state index in [1.165, 1.54) is 23.5 Å². The maximum Gasteiger partial charge on any atom is 0.335 e. The number of benzene rings is 1. The first-order valence-corrected chi connectivity index (χ1v) is 7.13. The maximum absolute atomic E-state index is 10.7. The Labute approximate surface area is 129 Å². The summed E-state index contributed by atoms with van der Waals surface area (Å²) in [6, 6.07) is 8.04. The zero-order valence-electron chi connectivity index (χ0n) is 10.4. The van der Waals surface area contributed by atoms with Gasteiger partial charge >= 0.3 is 5.97 Å². The van der Waals surface area contributed by atoms with Crippen LogP contribution in [0.3, 0.4) is 0 Å². The molecule has 7 heteroatoms. The van der Waals surface area contributed by atoms with Crippen LogP contribution >= 0.6 is 34.5 Å². The normalized spacial score (nSPS) is 11.4. The summed E-state index contributed by atoms with van der Waals surface area (Å²) in [6.45, 7) is 1.81. The molecule has 0 fully saturated rings. The first-order chi connectivity index (χ1) is 9.47. The first-order valence-electron chi connectivity index (χ1n) is 5.56. The van der Waals surface area contributed by atoms with Crippen LogP contribution < -0.4 is 5.43 Å². The second-order valence-electron chi connectivity index (χ2n) is 3.93. The molecule has 4 nitrogen and oxygen atoms in total. The molecule has 2 rings (SSSR count). The van der Waals surface area contributed by atoms with Crippen LogP contribution in [0.5, 0.6) is 0 Å². The van der Waals surface area contributed by atoms with Gasteiger partial charge in [-0.25, -0.2) is 4.79 Å². The molecule has 0 radical (unpaired) electrons. The predicted molar refractivity (Wildman–Crippen MR) is 83.6 cm³/mol. The molecule has 0 saturated carbocycles. The summed E-state index contributed by atoms with van der Waals surface area (Å²) >= 11 is 13.2. The number of carbonyl (C=O) groups is 1. The minimum absolute atomic E-state index is 0.226. The fourth-order valence-electron chi connectivity index (χ4n) is 1.48. The van der Waals surface area contributed by atoms with Crippen LogP contribution in [0.2, 0.25) is 8.67 Å². The van der Waals surface area contributed by atoms with Crippen molar-refractivity contribution in [2.24, 2.45) is 5.10 Å². The van der Waals surface area contributed by atoms with Crippen LogP contribution in [0.15, 0.2) is 35.4 Å². The molecular formula is C13H10Cl2N2O2S. The molecule has 20 heavy (non-hydrogen) atoms. The van der Waals surface area contributed by atoms with E-state index >= 15 is 0 Å². The van der Waals surface area contributed by atoms with Crippen molar-refractivity contribution >= 4 is 51.9 Å². The Bertz CT molecular complexity index is 666. The van der Waals surface area contributed by atoms with Gasteiger partial charge in [0.25, 0.3) is 0 Å². The van der Waals surface area contributed by atoms with Gasteiger partial charge in [-0.2, -0.15) is 5.10 Å². The highest BCUT2D eigenvalue weighted by atomic mass is 35.5. The Hall–Kier alpha value is -1.56. The van der Waals surface area contributed by atoms with Crippen LogP contribution in [0.25, 0.3) is 0 Å². The fourth-order valence-corrected chi connectivity index (χ4v) is 3.05. The Balaban J connectivity index is 2.12. The van der Waals surface area contributed by atoms with E-state index in [0.717, 1.165) is 5.56 Å². The van der Waals surface area contributed by atoms with E-state index in [9.17, 15) is 4.79 Å². The lowest BCUT2D eigenvalue weighted by atomic mass is 10.2. The summed E-state index contributed by atoms with van der Waals surface area (Å²) in [5.74, 6) is -0.962. The monoisotopic (exact) mass is 328 g/mol. The molecular weight excluding hydrogens is 319 g/mol. The minimum atomic E-state index is -0.962. The number of hydrogen-bond donors (Lipinski definition) is 2. The molecule has 104 valence electrons. The summed E-state index contributed by atoms with van der Waals surface area (Å²) in [5, 5.41) is 13.0. The third kappa shape index (κ3) is 3.50. The highest BCUT2D eigenvalue weighted by Crippen LogP contribution is 2.31. The predicted octanol–water partition coefficient (Wildman–Crippen LogP) is 4.59. The van der Waals surface area contributed by atoms with Crippen molar-refractivity contribution in [1.82, 2.24) is 0 Å². The number of carboxylic acid groups (broad SMARTS) is 1. The Morgan fingerprint density at radius 1 is 1.30 bits per heavy atom. The largest absolute Gasteiger partial charge is 0.478 e. The molecule has 0 aliphatic rings. The van der Waals surface area contributed by atoms with Gasteiger partial charge in [-0.1, -0.05) is 23.2 Å². The highest BCUT2D eigenvalue weighted by Gasteiger charge is 2.08. The number of rotatable bonds is 4. The van der Waals surface area contributed by atoms with Crippen LogP contribution in [0.4, 0.5) is 5.69 Å². The zero-order valence-corrected chi connectivity index (χ0v) is 12.7. The van der Waals surface area contributed by atoms with Crippen molar-refractivity contribution in [2.45, 2.75) is 6.92 Å². The van der Waals surface area contributed by atoms with Crippen molar-refractivity contribution in [1.29, 1.82) is 0 Å². The van der Waals surface area contributed by atoms with E-state index in [4.69, 9.17) is 28.3 Å². The van der Waals surface area contributed by atoms with Crippen molar-refractivity contribution in [3.8, 4) is 0 Å². The summed E-state index contributed by atoms with van der Waals surface area (Å²) in [4.78, 5) is 10.7. The van der Waals surface area contributed by atoms with E-state index < -0.39 is 5.97 Å². The van der Waals surface area contributed by atoms with Gasteiger partial charge < -0.3 is 5.11 Å². The molecule has 1 aromatic heterocycles. The first kappa shape index (κ1) is 14.8. The molecule has 0 bridgehead atoms. The molecule has 0 aliphatic heterocycles. The lowest BCUT2D eigenvalue weighted by Gasteiger charge is -2.03. The standard InChI is InChI=1S/C13H10Cl2N2O2S/c1-7(10-6-11(14)20-12(10)15)16-17-9-4-2-8(3-5-9)13(18)19/h2-6,17H,1H3,(H,18,19)/b16-7-. The maximum atomic E-state index is 10.7. The number of halogens is 2. The average Bonchev–Trinajstić information content (AvgIpc) is 2.75. The van der Waals surface area contributed by atoms with Gasteiger partial charge in [0.2, 0.25) is 0 Å². The number of nitrogens with one attached hydrogen (secondary N) is 1. The minimum Gasteiger partial charge on any atom is -0.478 e. The Morgan fingerprint density at radius 2 is 1.95 bits per heavy atom. The van der Waals surface area contributed by atoms with E-state index in [-0.39, 0.29) is 5.56 Å². The highest BCUT2D eigenvalue weighted by molar-refractivity contribution is 7.20. The van der Waals surface area contributed by atoms with Crippen molar-refractivity contribution < 1.29 is 9.90 Å². The molecule has 2 N–H and O–H groups in total. The van der Waals surface area contributed by atoms with Crippen molar-refractivity contribution in [3.63, 3.8) is 0 Å². The summed E-state index contributed by atoms with van der Waals surface area (Å²) < 4.78 is 1.18. The summed E-state index contributed by atoms with van der Waals surface area (Å²) in [5.41, 5.74) is 5.23. The summed E-state index contributed by atoms with van der Waals surface area (Å²) in [7, 11) is 0. The number of anilines is 1. The van der Waals surface area contributed by atoms with Gasteiger partial charge in [-0.3, -0.25) is 5.43 Å². The van der Waals surface area contributed by atoms with Crippen LogP contribution in [-0.4, -0.2) is 16.8 Å². The molecule has 0 saturated heterocycles. The number of thiophene rings is 1. The van der Waals surface area contributed by atoms with Gasteiger partial charge in [0.15, 0.2) is 0 Å². The van der Waals surface area contributed by atoms with Gasteiger partial charge in [0.1, 0.15) is 4.34 Å². The SMILES string of the molecule is C/C(=N/Nc1ccc(C(=O)O)cc1)c1cc(Cl)sc1Cl. The quantitative estimate of drug-likeness (QED) is 0.637. The van der Waals surface area contributed by atoms with E-state index in [1.54, 1.807) is 18.2 Å². The molecule has 0 atom stereocenters. The Morgan fingerprint density at radius 3 is 2.45 bits per heavy atom. The number of hydrogen-bond acceptors (Lipinski definition) is 4. The molecule has 1 heterocycles. The molecule has 0 spiro atoms. The third-order valence-electron chi connectivity index (χ3n) is 2.53. The Kier molecular flexibility index (Phi) is 4.65. The average molecular weight is 329 g/mol. The number of carboxylic acids is 1. The van der Waals surface area contributed by atoms with E-state index in [2.05, 4.69) is 10.5 Å². The topological polar surface area (TPSA) is 61.7 Å². The second-order valence-corrected chi connectivity index (χ2v) is 6.21. The molecule has 2 aromatic rings. The molecule has 1 aromatic carbocycles. The van der Waals surface area contributed by atoms with E-state index in [0.29, 0.717) is 20.1 Å². The van der Waals surface area contributed by atoms with Crippen LogP contribution in [0.1, 0.15) is 22.8 Å². The lowest BCUT2D eigenvalue weighted by Crippen LogP contribution is -2.00. The molecule has 0 amide bonds. The van der Waals surface area contributed by atoms with Gasteiger partial charge in [-0.15, -0.1) is 11.3 Å². The molecule has 0 unspecified atom stereocenters. The van der Waals surface area contributed by atoms with Gasteiger partial charge in [0.05, 0.1) is 21.3 Å². The van der Waals surface area contributed by atoms with E-state index in [1.807, 2.05) is 6.92 Å². The number of nitrogens with zero attached hydrogens (tertiary/aromatic N) is 1. The number of hydrazone groups is 1. The zero-order chi connectivity index (χ0) is 14.7. The van der Waals surface area contributed by atoms with Gasteiger partial charge in [0, 0.05) is 5.56 Å². The second kappa shape index (κ2) is 6.26. The number of aromatic carboxylic acids is 1. The van der Waals surface area contributed by atoms with Crippen molar-refractivity contribution in [3.05, 3.63) is 50.1 Å². The fraction of sp³-hybridized carbons (Fsp3) is 0.0769.